The first-order valence-electron chi connectivity index (χ1n) is 9.93. The number of nitrogens with one attached hydrogen (secondary N) is 2. The first kappa shape index (κ1) is 22.7. The molecule has 2 heterocycles. The first-order chi connectivity index (χ1) is 15.2. The second-order valence-corrected chi connectivity index (χ2v) is 8.78. The summed E-state index contributed by atoms with van der Waals surface area (Å²) in [5.41, 5.74) is 1.48. The molecule has 0 unspecified atom stereocenters. The molecule has 0 bridgehead atoms. The molecule has 0 spiro atoms. The van der Waals surface area contributed by atoms with E-state index in [-0.39, 0.29) is 23.0 Å². The Labute approximate surface area is 196 Å². The van der Waals surface area contributed by atoms with Crippen molar-refractivity contribution in [2.75, 3.05) is 11.9 Å². The highest BCUT2D eigenvalue weighted by Crippen LogP contribution is 2.46. The van der Waals surface area contributed by atoms with Crippen LogP contribution in [0, 0.1) is 0 Å². The number of rotatable bonds is 5. The van der Waals surface area contributed by atoms with Crippen molar-refractivity contribution in [3.8, 4) is 0 Å². The third-order valence-electron chi connectivity index (χ3n) is 5.33. The number of carbonyl (C=O) groups is 1. The van der Waals surface area contributed by atoms with Crippen LogP contribution in [0.3, 0.4) is 0 Å². The number of hydrogen-bond acceptors (Lipinski definition) is 3. The molecule has 168 valence electrons. The van der Waals surface area contributed by atoms with Crippen LogP contribution in [0.15, 0.2) is 59.1 Å². The van der Waals surface area contributed by atoms with E-state index in [1.807, 2.05) is 30.3 Å². The summed E-state index contributed by atoms with van der Waals surface area (Å²) in [5.74, 6) is -0.628. The van der Waals surface area contributed by atoms with Crippen LogP contribution in [0.5, 0.6) is 0 Å². The highest BCUT2D eigenvalue weighted by molar-refractivity contribution is 9.10. The normalized spacial score (nSPS) is 18.0. The third kappa shape index (κ3) is 4.78. The van der Waals surface area contributed by atoms with E-state index in [4.69, 9.17) is 11.6 Å². The summed E-state index contributed by atoms with van der Waals surface area (Å²) in [6, 6.07) is 14.0. The molecule has 5 nitrogen and oxygen atoms in total. The first-order valence-corrected chi connectivity index (χ1v) is 11.1. The molecule has 0 saturated heterocycles. The van der Waals surface area contributed by atoms with Crippen LogP contribution in [-0.4, -0.2) is 28.4 Å². The van der Waals surface area contributed by atoms with E-state index >= 15 is 0 Å². The Morgan fingerprint density at radius 2 is 1.88 bits per heavy atom. The van der Waals surface area contributed by atoms with E-state index in [2.05, 4.69) is 31.7 Å². The number of anilines is 1. The molecule has 2 N–H and O–H groups in total. The maximum Gasteiger partial charge on any atom is 0.410 e. The van der Waals surface area contributed by atoms with Crippen LogP contribution >= 0.6 is 27.5 Å². The van der Waals surface area contributed by atoms with Gasteiger partial charge in [0.2, 0.25) is 0 Å². The van der Waals surface area contributed by atoms with Gasteiger partial charge in [0.15, 0.2) is 11.7 Å². The van der Waals surface area contributed by atoms with Gasteiger partial charge in [-0.15, -0.1) is 0 Å². The standard InChI is InChI=1S/C22H19BrClF3N4O/c23-15-8-6-14(7-9-15)16-12-17(22(25,26)27)31-20(29-16)18(24)19(30-31)21(32)28-11-10-13-4-2-1-3-5-13/h1-9,16-17,29H,10-12H2,(H,28,32)/t16-,17-/m0/s1. The molecule has 2 atom stereocenters. The molecular weight excluding hydrogens is 509 g/mol. The van der Waals surface area contributed by atoms with Gasteiger partial charge in [0.25, 0.3) is 5.91 Å². The quantitative estimate of drug-likeness (QED) is 0.432. The van der Waals surface area contributed by atoms with Crippen molar-refractivity contribution >= 4 is 39.3 Å². The number of carbonyl (C=O) groups excluding carboxylic acids is 1. The summed E-state index contributed by atoms with van der Waals surface area (Å²) in [6.45, 7) is 0.305. The maximum atomic E-state index is 13.9. The van der Waals surface area contributed by atoms with Gasteiger partial charge in [0.1, 0.15) is 10.8 Å². The molecule has 0 fully saturated rings. The Balaban J connectivity index is 1.57. The van der Waals surface area contributed by atoms with Gasteiger partial charge in [-0.3, -0.25) is 4.79 Å². The van der Waals surface area contributed by atoms with E-state index in [1.54, 1.807) is 24.3 Å². The summed E-state index contributed by atoms with van der Waals surface area (Å²) in [7, 11) is 0. The molecule has 3 aromatic rings. The summed E-state index contributed by atoms with van der Waals surface area (Å²) in [5, 5.41) is 9.54. The SMILES string of the molecule is O=C(NCCc1ccccc1)c1nn2c(c1Cl)N[C@H](c1ccc(Br)cc1)C[C@H]2C(F)(F)F. The van der Waals surface area contributed by atoms with E-state index < -0.39 is 24.2 Å². The molecule has 1 aliphatic rings. The molecule has 0 radical (unpaired) electrons. The van der Waals surface area contributed by atoms with Gasteiger partial charge in [-0.05, 0) is 29.7 Å². The van der Waals surface area contributed by atoms with Crippen molar-refractivity contribution < 1.29 is 18.0 Å². The van der Waals surface area contributed by atoms with Crippen molar-refractivity contribution in [2.24, 2.45) is 0 Å². The van der Waals surface area contributed by atoms with Crippen molar-refractivity contribution in [1.29, 1.82) is 0 Å². The number of hydrogen-bond donors (Lipinski definition) is 2. The Hall–Kier alpha value is -2.52. The molecule has 2 aromatic carbocycles. The molecule has 1 aromatic heterocycles. The fraction of sp³-hybridized carbons (Fsp3) is 0.273. The average molecular weight is 528 g/mol. The molecule has 10 heteroatoms. The molecule has 0 aliphatic carbocycles. The van der Waals surface area contributed by atoms with Crippen molar-refractivity contribution in [3.05, 3.63) is 80.9 Å². The average Bonchev–Trinajstić information content (AvgIpc) is 3.10. The summed E-state index contributed by atoms with van der Waals surface area (Å²) >= 11 is 9.67. The van der Waals surface area contributed by atoms with Crippen LogP contribution in [-0.2, 0) is 6.42 Å². The predicted octanol–water partition coefficient (Wildman–Crippen LogP) is 5.93. The topological polar surface area (TPSA) is 59.0 Å². The Morgan fingerprint density at radius 3 is 2.53 bits per heavy atom. The number of fused-ring (bicyclic) bond motifs is 1. The minimum Gasteiger partial charge on any atom is -0.362 e. The van der Waals surface area contributed by atoms with Crippen LogP contribution in [0.25, 0.3) is 0 Å². The lowest BCUT2D eigenvalue weighted by atomic mass is 9.97. The highest BCUT2D eigenvalue weighted by Gasteiger charge is 2.47. The molecule has 4 rings (SSSR count). The molecule has 1 amide bonds. The zero-order valence-electron chi connectivity index (χ0n) is 16.7. The Morgan fingerprint density at radius 1 is 1.19 bits per heavy atom. The summed E-state index contributed by atoms with van der Waals surface area (Å²) < 4.78 is 43.2. The number of amides is 1. The Kier molecular flexibility index (Phi) is 6.48. The van der Waals surface area contributed by atoms with Crippen LogP contribution in [0.1, 0.15) is 40.1 Å². The number of alkyl halides is 3. The van der Waals surface area contributed by atoms with Gasteiger partial charge in [0.05, 0.1) is 6.04 Å². The number of benzene rings is 2. The van der Waals surface area contributed by atoms with Gasteiger partial charge < -0.3 is 10.6 Å². The molecule has 0 saturated carbocycles. The lowest BCUT2D eigenvalue weighted by Gasteiger charge is -2.33. The molecule has 1 aliphatic heterocycles. The fourth-order valence-corrected chi connectivity index (χ4v) is 4.23. The van der Waals surface area contributed by atoms with Crippen molar-refractivity contribution in [1.82, 2.24) is 15.1 Å². The van der Waals surface area contributed by atoms with Crippen LogP contribution in [0.2, 0.25) is 5.02 Å². The third-order valence-corrected chi connectivity index (χ3v) is 6.21. The zero-order valence-corrected chi connectivity index (χ0v) is 19.0. The van der Waals surface area contributed by atoms with Gasteiger partial charge in [-0.1, -0.05) is 70.0 Å². The lowest BCUT2D eigenvalue weighted by Crippen LogP contribution is -2.36. The summed E-state index contributed by atoms with van der Waals surface area (Å²) in [6.07, 6.45) is -4.25. The lowest BCUT2D eigenvalue weighted by molar-refractivity contribution is -0.173. The van der Waals surface area contributed by atoms with Crippen molar-refractivity contribution in [2.45, 2.75) is 31.1 Å². The van der Waals surface area contributed by atoms with Gasteiger partial charge in [-0.25, -0.2) is 4.68 Å². The Bertz CT molecular complexity index is 1100. The number of aromatic nitrogens is 2. The van der Waals surface area contributed by atoms with E-state index in [9.17, 15) is 18.0 Å². The van der Waals surface area contributed by atoms with Crippen LogP contribution < -0.4 is 10.6 Å². The molecular formula is C22H19BrClF3N4O. The minimum atomic E-state index is -4.55. The van der Waals surface area contributed by atoms with Gasteiger partial charge >= 0.3 is 6.18 Å². The number of nitrogens with zero attached hydrogens (tertiary/aromatic N) is 2. The zero-order chi connectivity index (χ0) is 22.9. The van der Waals surface area contributed by atoms with Gasteiger partial charge in [0, 0.05) is 17.4 Å². The fourth-order valence-electron chi connectivity index (χ4n) is 3.70. The monoisotopic (exact) mass is 526 g/mol. The van der Waals surface area contributed by atoms with Crippen LogP contribution in [0.4, 0.5) is 19.0 Å². The highest BCUT2D eigenvalue weighted by atomic mass is 79.9. The minimum absolute atomic E-state index is 0.0126. The largest absolute Gasteiger partial charge is 0.410 e. The second kappa shape index (κ2) is 9.15. The van der Waals surface area contributed by atoms with Gasteiger partial charge in [-0.2, -0.15) is 18.3 Å². The van der Waals surface area contributed by atoms with E-state index in [0.29, 0.717) is 18.5 Å². The maximum absolute atomic E-state index is 13.9. The predicted molar refractivity (Wildman–Crippen MR) is 120 cm³/mol. The number of halogens is 5. The van der Waals surface area contributed by atoms with E-state index in [0.717, 1.165) is 14.7 Å². The smallest absolute Gasteiger partial charge is 0.362 e. The van der Waals surface area contributed by atoms with E-state index in [1.165, 1.54) is 0 Å². The van der Waals surface area contributed by atoms with Crippen molar-refractivity contribution in [3.63, 3.8) is 0 Å². The second-order valence-electron chi connectivity index (χ2n) is 7.49. The summed E-state index contributed by atoms with van der Waals surface area (Å²) in [4.78, 5) is 12.6. The molecule has 32 heavy (non-hydrogen) atoms.